The first kappa shape index (κ1) is 43.1. The van der Waals surface area contributed by atoms with Crippen molar-refractivity contribution in [2.75, 3.05) is 25.4 Å². The Kier molecular flexibility index (Phi) is 12.3. The maximum absolute atomic E-state index is 15.2. The Bertz CT molecular complexity index is 1630. The Morgan fingerprint density at radius 3 is 2.36 bits per heavy atom. The van der Waals surface area contributed by atoms with Gasteiger partial charge in [-0.15, -0.1) is 0 Å². The predicted octanol–water partition coefficient (Wildman–Crippen LogP) is 9.57. The van der Waals surface area contributed by atoms with Gasteiger partial charge in [0.15, 0.2) is 12.0 Å². The number of piperidine rings is 1. The number of nitrogens with zero attached hydrogens (tertiary/aromatic N) is 2. The van der Waals surface area contributed by atoms with E-state index in [9.17, 15) is 40.9 Å². The molecule has 4 fully saturated rings. The molecule has 1 aromatic rings. The van der Waals surface area contributed by atoms with Crippen molar-refractivity contribution < 1.29 is 50.0 Å². The fraction of sp³-hybridized carbons (Fsp3) is 0.786. The molecule has 0 aromatic heterocycles. The summed E-state index contributed by atoms with van der Waals surface area (Å²) >= 11 is -1.65. The van der Waals surface area contributed by atoms with Crippen LogP contribution < -0.4 is 4.74 Å². The zero-order valence-corrected chi connectivity index (χ0v) is 34.1. The SMILES string of the molecule is CC(C)(CC[C@@H]1Cc2cc(OC(=O)N3CCC(N4CCCC4=O)CC3)ccc2[C@H]2CC[C@]3(C)C(=O)C(F)C[C@H]3[C@H]12)CC(C)(C)[S+]([O-])CCCC(F)(F)C(F)(F)F. The zero-order chi connectivity index (χ0) is 41.0. The molecular formula is C42H58F6N2O5S. The van der Waals surface area contributed by atoms with Crippen molar-refractivity contribution in [1.29, 1.82) is 0 Å². The molecule has 56 heavy (non-hydrogen) atoms. The Labute approximate surface area is 330 Å². The lowest BCUT2D eigenvalue weighted by molar-refractivity contribution is -0.284. The molecule has 1 aromatic carbocycles. The zero-order valence-electron chi connectivity index (χ0n) is 33.3. The third kappa shape index (κ3) is 8.76. The molecule has 0 spiro atoms. The number of likely N-dealkylation sites (tertiary alicyclic amines) is 2. The quantitative estimate of drug-likeness (QED) is 0.155. The Morgan fingerprint density at radius 2 is 1.71 bits per heavy atom. The third-order valence-corrected chi connectivity index (χ3v) is 16.0. The molecule has 2 saturated heterocycles. The Balaban J connectivity index is 1.14. The summed E-state index contributed by atoms with van der Waals surface area (Å²) < 4.78 is 98.6. The van der Waals surface area contributed by atoms with E-state index in [2.05, 4.69) is 0 Å². The number of amides is 2. The van der Waals surface area contributed by atoms with Crippen LogP contribution in [0.4, 0.5) is 31.1 Å². The number of hydrogen-bond donors (Lipinski definition) is 0. The summed E-state index contributed by atoms with van der Waals surface area (Å²) in [5, 5.41) is 0. The summed E-state index contributed by atoms with van der Waals surface area (Å²) in [5.41, 5.74) is 1.08. The maximum atomic E-state index is 15.2. The fourth-order valence-electron chi connectivity index (χ4n) is 11.2. The van der Waals surface area contributed by atoms with E-state index in [0.717, 1.165) is 36.9 Å². The molecule has 3 aliphatic carbocycles. The number of halogens is 6. The Morgan fingerprint density at radius 1 is 1.02 bits per heavy atom. The first-order chi connectivity index (χ1) is 26.0. The van der Waals surface area contributed by atoms with Gasteiger partial charge in [0.2, 0.25) is 5.91 Å². The van der Waals surface area contributed by atoms with Gasteiger partial charge in [-0.05, 0) is 142 Å². The van der Waals surface area contributed by atoms with Crippen LogP contribution in [-0.4, -0.2) is 86.6 Å². The van der Waals surface area contributed by atoms with Gasteiger partial charge in [0, 0.05) is 50.4 Å². The number of hydrogen-bond acceptors (Lipinski definition) is 5. The average molecular weight is 817 g/mol. The lowest BCUT2D eigenvalue weighted by Gasteiger charge is -2.52. The number of alkyl halides is 6. The van der Waals surface area contributed by atoms with Gasteiger partial charge in [-0.1, -0.05) is 26.8 Å². The van der Waals surface area contributed by atoms with E-state index >= 15 is 4.39 Å². The number of benzene rings is 1. The summed E-state index contributed by atoms with van der Waals surface area (Å²) in [6, 6.07) is 5.94. The van der Waals surface area contributed by atoms with Gasteiger partial charge < -0.3 is 19.1 Å². The molecule has 14 heteroatoms. The van der Waals surface area contributed by atoms with E-state index in [-0.39, 0.29) is 59.0 Å². The summed E-state index contributed by atoms with van der Waals surface area (Å²) in [5.74, 6) is -4.66. The number of carbonyl (C=O) groups excluding carboxylic acids is 3. The van der Waals surface area contributed by atoms with E-state index in [0.29, 0.717) is 63.8 Å². The van der Waals surface area contributed by atoms with Gasteiger partial charge in [-0.25, -0.2) is 9.18 Å². The second kappa shape index (κ2) is 15.9. The van der Waals surface area contributed by atoms with Crippen molar-refractivity contribution in [1.82, 2.24) is 9.80 Å². The van der Waals surface area contributed by atoms with Crippen molar-refractivity contribution in [2.24, 2.45) is 28.6 Å². The number of rotatable bonds is 12. The van der Waals surface area contributed by atoms with Crippen LogP contribution in [0.1, 0.15) is 129 Å². The molecule has 0 radical (unpaired) electrons. The number of ketones is 1. The number of ether oxygens (including phenoxy) is 1. The normalized spacial score (nSPS) is 29.6. The predicted molar refractivity (Wildman–Crippen MR) is 202 cm³/mol. The van der Waals surface area contributed by atoms with Crippen LogP contribution in [0, 0.1) is 28.6 Å². The first-order valence-electron chi connectivity index (χ1n) is 20.4. The van der Waals surface area contributed by atoms with Crippen molar-refractivity contribution in [2.45, 2.75) is 153 Å². The highest BCUT2D eigenvalue weighted by Gasteiger charge is 2.60. The van der Waals surface area contributed by atoms with Gasteiger partial charge in [0.05, 0.1) is 0 Å². The molecule has 2 aliphatic heterocycles. The lowest BCUT2D eigenvalue weighted by atomic mass is 9.52. The largest absolute Gasteiger partial charge is 0.616 e. The number of Topliss-reactive ketones (excluding diaryl/α,β-unsaturated/α-hetero) is 1. The van der Waals surface area contributed by atoms with Crippen LogP contribution in [0.25, 0.3) is 0 Å². The fourth-order valence-corrected chi connectivity index (χ4v) is 12.7. The second-order valence-electron chi connectivity index (χ2n) is 18.9. The molecule has 7 nitrogen and oxygen atoms in total. The van der Waals surface area contributed by atoms with Gasteiger partial charge in [-0.3, -0.25) is 9.59 Å². The lowest BCUT2D eigenvalue weighted by Crippen LogP contribution is -2.47. The minimum atomic E-state index is -5.64. The van der Waals surface area contributed by atoms with Crippen LogP contribution in [-0.2, 0) is 27.2 Å². The van der Waals surface area contributed by atoms with Gasteiger partial charge in [-0.2, -0.15) is 22.0 Å². The highest BCUT2D eigenvalue weighted by Crippen LogP contribution is 2.62. The molecule has 2 saturated carbocycles. The molecule has 0 N–H and O–H groups in total. The van der Waals surface area contributed by atoms with Crippen LogP contribution in [0.2, 0.25) is 0 Å². The topological polar surface area (TPSA) is 90.0 Å². The Hall–Kier alpha value is -2.48. The van der Waals surface area contributed by atoms with E-state index in [4.69, 9.17) is 4.74 Å². The van der Waals surface area contributed by atoms with Gasteiger partial charge in [0.25, 0.3) is 0 Å². The number of fused-ring (bicyclic) bond motifs is 5. The molecule has 2 unspecified atom stereocenters. The molecular weight excluding hydrogens is 759 g/mol. The second-order valence-corrected chi connectivity index (χ2v) is 21.1. The van der Waals surface area contributed by atoms with Crippen molar-refractivity contribution in [3.8, 4) is 5.75 Å². The average Bonchev–Trinajstić information content (AvgIpc) is 3.65. The summed E-state index contributed by atoms with van der Waals surface area (Å²) in [4.78, 5) is 42.4. The highest BCUT2D eigenvalue weighted by molar-refractivity contribution is 7.92. The molecule has 2 amide bonds. The standard InChI is InChI=1S/C42H58F6N2O5S/c1-38(2,25-39(3,4)56(54)21-7-15-41(44,45)42(46,47)48)16-11-26-22-27-23-29(55-37(53)49-19-13-28(14-20-49)50-18-6-8-34(50)51)9-10-30(27)31-12-17-40(5)32(35(26)31)24-33(43)36(40)52/h9-10,23,26,28,31-33,35H,6-8,11-22,24-25H2,1-5H3/t26-,31-,32+,33?,35-,40+,56?/m1/s1. The van der Waals surface area contributed by atoms with Crippen LogP contribution in [0.15, 0.2) is 18.2 Å². The van der Waals surface area contributed by atoms with Gasteiger partial charge >= 0.3 is 18.2 Å². The molecule has 6 rings (SSSR count). The van der Waals surface area contributed by atoms with Crippen molar-refractivity contribution >= 4 is 29.0 Å². The first-order valence-corrected chi connectivity index (χ1v) is 21.8. The molecule has 314 valence electrons. The van der Waals surface area contributed by atoms with Crippen molar-refractivity contribution in [3.63, 3.8) is 0 Å². The van der Waals surface area contributed by atoms with Crippen molar-refractivity contribution in [3.05, 3.63) is 29.3 Å². The molecule has 2 heterocycles. The summed E-state index contributed by atoms with van der Waals surface area (Å²) in [6.45, 7) is 11.3. The maximum Gasteiger partial charge on any atom is 0.453 e. The minimum Gasteiger partial charge on any atom is -0.616 e. The third-order valence-electron chi connectivity index (χ3n) is 14.0. The minimum absolute atomic E-state index is 0.0522. The van der Waals surface area contributed by atoms with Crippen LogP contribution >= 0.6 is 0 Å². The van der Waals surface area contributed by atoms with E-state index in [1.54, 1.807) is 18.7 Å². The molecule has 7 atom stereocenters. The molecule has 0 bridgehead atoms. The van der Waals surface area contributed by atoms with E-state index in [1.165, 1.54) is 0 Å². The van der Waals surface area contributed by atoms with E-state index in [1.807, 2.05) is 43.9 Å². The summed E-state index contributed by atoms with van der Waals surface area (Å²) in [6.07, 6.45) is -2.56. The van der Waals surface area contributed by atoms with Crippen LogP contribution in [0.5, 0.6) is 5.75 Å². The van der Waals surface area contributed by atoms with E-state index < -0.39 is 58.5 Å². The monoisotopic (exact) mass is 816 g/mol. The van der Waals surface area contributed by atoms with Gasteiger partial charge in [0.1, 0.15) is 16.2 Å². The smallest absolute Gasteiger partial charge is 0.453 e. The van der Waals surface area contributed by atoms with Crippen LogP contribution in [0.3, 0.4) is 0 Å². The summed E-state index contributed by atoms with van der Waals surface area (Å²) in [7, 11) is 0. The molecule has 5 aliphatic rings. The number of carbonyl (C=O) groups is 3. The highest BCUT2D eigenvalue weighted by atomic mass is 32.2.